The smallest absolute Gasteiger partial charge is 0.223 e. The lowest BCUT2D eigenvalue weighted by atomic mass is 10.4. The summed E-state index contributed by atoms with van der Waals surface area (Å²) >= 11 is 3.20. The van der Waals surface area contributed by atoms with Crippen molar-refractivity contribution in [3.63, 3.8) is 0 Å². The highest BCUT2D eigenvalue weighted by atomic mass is 79.9. The summed E-state index contributed by atoms with van der Waals surface area (Å²) in [5.74, 6) is 0.150. The summed E-state index contributed by atoms with van der Waals surface area (Å²) in [6, 6.07) is 0. The normalized spacial score (nSPS) is 9.00. The molecule has 0 unspecified atom stereocenters. The number of carbonyl (C=O) groups excluding carboxylic acids is 1. The minimum atomic E-state index is 0.150. The van der Waals surface area contributed by atoms with E-state index in [0.29, 0.717) is 13.0 Å². The summed E-state index contributed by atoms with van der Waals surface area (Å²) in [6.07, 6.45) is 2.27. The molecule has 0 aliphatic heterocycles. The van der Waals surface area contributed by atoms with E-state index in [0.717, 1.165) is 5.33 Å². The average molecular weight is 206 g/mol. The lowest BCUT2D eigenvalue weighted by molar-refractivity contribution is -0.128. The van der Waals surface area contributed by atoms with Crippen LogP contribution in [0.15, 0.2) is 12.7 Å². The first-order valence-electron chi connectivity index (χ1n) is 3.13. The fraction of sp³-hybridized carbons (Fsp3) is 0.571. The first kappa shape index (κ1) is 9.69. The summed E-state index contributed by atoms with van der Waals surface area (Å²) in [4.78, 5) is 12.6. The molecular formula is C7H12BrNO. The molecule has 0 saturated carbocycles. The Hall–Kier alpha value is -0.310. The maximum atomic E-state index is 11.0. The summed E-state index contributed by atoms with van der Waals surface area (Å²) in [5, 5.41) is 0.729. The Kier molecular flexibility index (Phi) is 5.30. The van der Waals surface area contributed by atoms with E-state index in [-0.39, 0.29) is 5.91 Å². The van der Waals surface area contributed by atoms with Gasteiger partial charge in [0.2, 0.25) is 5.91 Å². The number of alkyl halides is 1. The molecule has 58 valence electrons. The molecule has 0 aromatic carbocycles. The van der Waals surface area contributed by atoms with Crippen LogP contribution in [0.3, 0.4) is 0 Å². The van der Waals surface area contributed by atoms with Gasteiger partial charge in [0.15, 0.2) is 0 Å². The zero-order chi connectivity index (χ0) is 7.98. The third kappa shape index (κ3) is 3.67. The summed E-state index contributed by atoms with van der Waals surface area (Å²) in [7, 11) is 1.77. The Morgan fingerprint density at radius 2 is 2.40 bits per heavy atom. The molecule has 0 fully saturated rings. The Morgan fingerprint density at radius 1 is 1.80 bits per heavy atom. The van der Waals surface area contributed by atoms with Crippen LogP contribution in [0.2, 0.25) is 0 Å². The zero-order valence-corrected chi connectivity index (χ0v) is 7.73. The minimum Gasteiger partial charge on any atom is -0.342 e. The van der Waals surface area contributed by atoms with E-state index in [1.807, 2.05) is 0 Å². The lowest BCUT2D eigenvalue weighted by Gasteiger charge is -2.13. The molecular weight excluding hydrogens is 194 g/mol. The molecule has 0 aliphatic carbocycles. The van der Waals surface area contributed by atoms with Gasteiger partial charge in [-0.05, 0) is 0 Å². The van der Waals surface area contributed by atoms with Crippen molar-refractivity contribution in [2.45, 2.75) is 6.42 Å². The molecule has 10 heavy (non-hydrogen) atoms. The van der Waals surface area contributed by atoms with Gasteiger partial charge in [-0.3, -0.25) is 4.79 Å². The van der Waals surface area contributed by atoms with Crippen LogP contribution in [-0.4, -0.2) is 29.7 Å². The van der Waals surface area contributed by atoms with Gasteiger partial charge in [-0.1, -0.05) is 22.0 Å². The number of nitrogens with zero attached hydrogens (tertiary/aromatic N) is 1. The van der Waals surface area contributed by atoms with Crippen LogP contribution >= 0.6 is 15.9 Å². The highest BCUT2D eigenvalue weighted by molar-refractivity contribution is 9.09. The van der Waals surface area contributed by atoms with Gasteiger partial charge in [0.25, 0.3) is 0 Å². The third-order valence-corrected chi connectivity index (χ3v) is 1.53. The Labute approximate surface area is 70.0 Å². The van der Waals surface area contributed by atoms with E-state index in [1.165, 1.54) is 0 Å². The van der Waals surface area contributed by atoms with E-state index in [2.05, 4.69) is 22.5 Å². The molecule has 2 nitrogen and oxygen atoms in total. The maximum Gasteiger partial charge on any atom is 0.223 e. The van der Waals surface area contributed by atoms with Crippen molar-refractivity contribution in [2.75, 3.05) is 18.9 Å². The van der Waals surface area contributed by atoms with Crippen molar-refractivity contribution in [2.24, 2.45) is 0 Å². The van der Waals surface area contributed by atoms with Crippen molar-refractivity contribution >= 4 is 21.8 Å². The van der Waals surface area contributed by atoms with Crippen LogP contribution in [0.4, 0.5) is 0 Å². The van der Waals surface area contributed by atoms with Crippen LogP contribution in [0.1, 0.15) is 6.42 Å². The van der Waals surface area contributed by atoms with Gasteiger partial charge in [-0.25, -0.2) is 0 Å². The van der Waals surface area contributed by atoms with Crippen LogP contribution < -0.4 is 0 Å². The van der Waals surface area contributed by atoms with Crippen molar-refractivity contribution in [3.05, 3.63) is 12.7 Å². The second kappa shape index (κ2) is 5.47. The van der Waals surface area contributed by atoms with Crippen LogP contribution in [0.5, 0.6) is 0 Å². The molecule has 1 amide bonds. The van der Waals surface area contributed by atoms with Crippen molar-refractivity contribution in [1.29, 1.82) is 0 Å². The molecule has 0 aromatic heterocycles. The first-order chi connectivity index (χ1) is 4.72. The number of amides is 1. The number of halogens is 1. The number of likely N-dealkylation sites (N-methyl/N-ethyl adjacent to an activating group) is 1. The molecule has 3 heteroatoms. The fourth-order valence-electron chi connectivity index (χ4n) is 0.567. The second-order valence-electron chi connectivity index (χ2n) is 2.00. The molecule has 0 spiro atoms. The Balaban J connectivity index is 3.58. The lowest BCUT2D eigenvalue weighted by Crippen LogP contribution is -2.26. The number of hydrogen-bond acceptors (Lipinski definition) is 1. The van der Waals surface area contributed by atoms with Crippen LogP contribution in [-0.2, 0) is 4.79 Å². The first-order valence-corrected chi connectivity index (χ1v) is 4.25. The van der Waals surface area contributed by atoms with E-state index < -0.39 is 0 Å². The average Bonchev–Trinajstić information content (AvgIpc) is 1.89. The molecule has 0 aliphatic rings. The van der Waals surface area contributed by atoms with E-state index in [4.69, 9.17) is 0 Å². The van der Waals surface area contributed by atoms with Gasteiger partial charge in [-0.2, -0.15) is 0 Å². The highest BCUT2D eigenvalue weighted by Crippen LogP contribution is 1.93. The summed E-state index contributed by atoms with van der Waals surface area (Å²) < 4.78 is 0. The van der Waals surface area contributed by atoms with Crippen molar-refractivity contribution in [3.8, 4) is 0 Å². The molecule has 0 rings (SSSR count). The predicted octanol–water partition coefficient (Wildman–Crippen LogP) is 1.42. The monoisotopic (exact) mass is 205 g/mol. The number of rotatable bonds is 4. The van der Waals surface area contributed by atoms with Gasteiger partial charge in [0.1, 0.15) is 0 Å². The van der Waals surface area contributed by atoms with E-state index >= 15 is 0 Å². The maximum absolute atomic E-state index is 11.0. The van der Waals surface area contributed by atoms with E-state index in [9.17, 15) is 4.79 Å². The van der Waals surface area contributed by atoms with Crippen molar-refractivity contribution in [1.82, 2.24) is 4.90 Å². The summed E-state index contributed by atoms with van der Waals surface area (Å²) in [6.45, 7) is 4.17. The predicted molar refractivity (Wildman–Crippen MR) is 46.2 cm³/mol. The van der Waals surface area contributed by atoms with E-state index in [1.54, 1.807) is 18.0 Å². The third-order valence-electron chi connectivity index (χ3n) is 1.14. The van der Waals surface area contributed by atoms with Gasteiger partial charge >= 0.3 is 0 Å². The molecule has 0 bridgehead atoms. The quantitative estimate of drug-likeness (QED) is 0.503. The topological polar surface area (TPSA) is 20.3 Å². The number of hydrogen-bond donors (Lipinski definition) is 0. The Bertz CT molecular complexity index is 125. The highest BCUT2D eigenvalue weighted by Gasteiger charge is 2.03. The summed E-state index contributed by atoms with van der Waals surface area (Å²) in [5.41, 5.74) is 0. The van der Waals surface area contributed by atoms with Gasteiger partial charge in [-0.15, -0.1) is 6.58 Å². The largest absolute Gasteiger partial charge is 0.342 e. The molecule has 0 saturated heterocycles. The molecule has 0 N–H and O–H groups in total. The van der Waals surface area contributed by atoms with Gasteiger partial charge in [0.05, 0.1) is 0 Å². The molecule has 0 aromatic rings. The molecule has 0 atom stereocenters. The van der Waals surface area contributed by atoms with Gasteiger partial charge < -0.3 is 4.90 Å². The molecule has 0 radical (unpaired) electrons. The standard InChI is InChI=1S/C7H12BrNO/c1-3-6-9(2)7(10)4-5-8/h3H,1,4-6H2,2H3. The zero-order valence-electron chi connectivity index (χ0n) is 6.14. The van der Waals surface area contributed by atoms with Crippen LogP contribution in [0.25, 0.3) is 0 Å². The fourth-order valence-corrected chi connectivity index (χ4v) is 0.906. The van der Waals surface area contributed by atoms with Gasteiger partial charge in [0, 0.05) is 25.3 Å². The second-order valence-corrected chi connectivity index (χ2v) is 2.79. The Morgan fingerprint density at radius 3 is 2.80 bits per heavy atom. The van der Waals surface area contributed by atoms with Crippen LogP contribution in [0, 0.1) is 0 Å². The van der Waals surface area contributed by atoms with Crippen molar-refractivity contribution < 1.29 is 4.79 Å². The number of carbonyl (C=O) groups is 1. The molecule has 0 heterocycles. The SMILES string of the molecule is C=CCN(C)C(=O)CCBr. The minimum absolute atomic E-state index is 0.150.